The summed E-state index contributed by atoms with van der Waals surface area (Å²) >= 11 is 0. The van der Waals surface area contributed by atoms with Crippen molar-refractivity contribution in [3.8, 4) is 11.5 Å². The van der Waals surface area contributed by atoms with Crippen LogP contribution in [0.1, 0.15) is 5.76 Å². The molecule has 0 atom stereocenters. The molecule has 0 saturated carbocycles. The molecule has 3 rings (SSSR count). The molecular weight excluding hydrogens is 368 g/mol. The summed E-state index contributed by atoms with van der Waals surface area (Å²) in [6.07, 6.45) is 1.61. The topological polar surface area (TPSA) is 89.8 Å². The summed E-state index contributed by atoms with van der Waals surface area (Å²) in [4.78, 5) is 0.0332. The summed E-state index contributed by atoms with van der Waals surface area (Å²) in [7, 11) is -0.895. The molecule has 0 aliphatic rings. The van der Waals surface area contributed by atoms with Gasteiger partial charge in [-0.05, 0) is 48.5 Å². The van der Waals surface area contributed by atoms with E-state index in [2.05, 4.69) is 10.0 Å². The van der Waals surface area contributed by atoms with Crippen LogP contribution in [0.3, 0.4) is 0 Å². The van der Waals surface area contributed by atoms with Crippen molar-refractivity contribution < 1.29 is 22.3 Å². The van der Waals surface area contributed by atoms with Crippen molar-refractivity contribution in [3.63, 3.8) is 0 Å². The van der Waals surface area contributed by atoms with Gasteiger partial charge in [0.15, 0.2) is 0 Å². The first-order chi connectivity index (χ1) is 13.0. The first-order valence-corrected chi connectivity index (χ1v) is 9.61. The molecule has 0 spiro atoms. The Morgan fingerprint density at radius 1 is 0.963 bits per heavy atom. The second-order valence-electron chi connectivity index (χ2n) is 5.63. The molecule has 3 aromatic rings. The van der Waals surface area contributed by atoms with Crippen LogP contribution >= 0.6 is 0 Å². The van der Waals surface area contributed by atoms with E-state index in [-0.39, 0.29) is 10.6 Å². The average molecular weight is 388 g/mol. The second kappa shape index (κ2) is 8.05. The molecular formula is C19H20N2O5S. The Kier molecular flexibility index (Phi) is 5.56. The van der Waals surface area contributed by atoms with Crippen molar-refractivity contribution in [1.82, 2.24) is 0 Å². The fourth-order valence-electron chi connectivity index (χ4n) is 2.47. The molecule has 2 aromatic carbocycles. The van der Waals surface area contributed by atoms with Gasteiger partial charge in [0.25, 0.3) is 10.0 Å². The highest BCUT2D eigenvalue weighted by atomic mass is 32.2. The molecule has 0 aliphatic heterocycles. The van der Waals surface area contributed by atoms with E-state index in [0.717, 1.165) is 11.4 Å². The van der Waals surface area contributed by atoms with E-state index in [4.69, 9.17) is 13.9 Å². The van der Waals surface area contributed by atoms with Crippen LogP contribution < -0.4 is 19.5 Å². The monoisotopic (exact) mass is 388 g/mol. The number of benzene rings is 2. The van der Waals surface area contributed by atoms with E-state index in [0.29, 0.717) is 18.0 Å². The summed E-state index contributed by atoms with van der Waals surface area (Å²) in [5.74, 6) is 1.53. The third-order valence-corrected chi connectivity index (χ3v) is 5.26. The third-order valence-electron chi connectivity index (χ3n) is 3.84. The van der Waals surface area contributed by atoms with Crippen molar-refractivity contribution >= 4 is 21.4 Å². The minimum Gasteiger partial charge on any atom is -0.497 e. The lowest BCUT2D eigenvalue weighted by molar-refractivity contribution is 0.386. The highest BCUT2D eigenvalue weighted by molar-refractivity contribution is 7.92. The Bertz CT molecular complexity index is 983. The SMILES string of the molecule is COc1ccc(S(=O)(=O)Nc2ccc(NCc3ccco3)cc2)c(OC)c1. The lowest BCUT2D eigenvalue weighted by Gasteiger charge is -2.13. The van der Waals surface area contributed by atoms with Gasteiger partial charge >= 0.3 is 0 Å². The molecule has 1 heterocycles. The van der Waals surface area contributed by atoms with Crippen molar-refractivity contribution in [3.05, 3.63) is 66.6 Å². The number of nitrogens with one attached hydrogen (secondary N) is 2. The molecule has 2 N–H and O–H groups in total. The maximum absolute atomic E-state index is 12.7. The smallest absolute Gasteiger partial charge is 0.265 e. The minimum absolute atomic E-state index is 0.0332. The summed E-state index contributed by atoms with van der Waals surface area (Å²) in [6, 6.07) is 15.2. The molecule has 7 nitrogen and oxygen atoms in total. The van der Waals surface area contributed by atoms with Crippen molar-refractivity contribution in [2.24, 2.45) is 0 Å². The standard InChI is InChI=1S/C19H20N2O5S/c1-24-16-9-10-19(18(12-16)25-2)27(22,23)21-15-7-5-14(6-8-15)20-13-17-4-3-11-26-17/h3-12,20-21H,13H2,1-2H3. The first-order valence-electron chi connectivity index (χ1n) is 8.13. The van der Waals surface area contributed by atoms with Gasteiger partial charge in [0.1, 0.15) is 22.2 Å². The van der Waals surface area contributed by atoms with Gasteiger partial charge in [0.2, 0.25) is 0 Å². The summed E-state index contributed by atoms with van der Waals surface area (Å²) in [5.41, 5.74) is 1.28. The number of sulfonamides is 1. The summed E-state index contributed by atoms with van der Waals surface area (Å²) < 4.78 is 43.5. The summed E-state index contributed by atoms with van der Waals surface area (Å²) in [6.45, 7) is 0.543. The van der Waals surface area contributed by atoms with Crippen LogP contribution in [-0.4, -0.2) is 22.6 Å². The molecule has 0 bridgehead atoms. The zero-order chi connectivity index (χ0) is 19.3. The Morgan fingerprint density at radius 3 is 2.33 bits per heavy atom. The zero-order valence-electron chi connectivity index (χ0n) is 14.9. The van der Waals surface area contributed by atoms with Gasteiger partial charge in [-0.1, -0.05) is 0 Å². The number of methoxy groups -OCH3 is 2. The molecule has 0 unspecified atom stereocenters. The van der Waals surface area contributed by atoms with Crippen LogP contribution in [-0.2, 0) is 16.6 Å². The van der Waals surface area contributed by atoms with E-state index in [9.17, 15) is 8.42 Å². The molecule has 27 heavy (non-hydrogen) atoms. The normalized spacial score (nSPS) is 11.0. The molecule has 0 aliphatic carbocycles. The van der Waals surface area contributed by atoms with E-state index >= 15 is 0 Å². The van der Waals surface area contributed by atoms with Crippen LogP contribution in [0.25, 0.3) is 0 Å². The number of anilines is 2. The number of hydrogen-bond acceptors (Lipinski definition) is 6. The first kappa shape index (κ1) is 18.7. The number of furan rings is 1. The second-order valence-corrected chi connectivity index (χ2v) is 7.28. The van der Waals surface area contributed by atoms with Crippen molar-refractivity contribution in [2.75, 3.05) is 24.3 Å². The maximum atomic E-state index is 12.7. The highest BCUT2D eigenvalue weighted by Gasteiger charge is 2.20. The molecule has 142 valence electrons. The van der Waals surface area contributed by atoms with E-state index in [1.54, 1.807) is 36.6 Å². The van der Waals surface area contributed by atoms with Crippen LogP contribution in [0.15, 0.2) is 70.2 Å². The van der Waals surface area contributed by atoms with Gasteiger partial charge in [-0.3, -0.25) is 4.72 Å². The van der Waals surface area contributed by atoms with E-state index < -0.39 is 10.0 Å². The van der Waals surface area contributed by atoms with Crippen LogP contribution in [0.4, 0.5) is 11.4 Å². The van der Waals surface area contributed by atoms with Gasteiger partial charge in [0, 0.05) is 17.4 Å². The number of hydrogen-bond donors (Lipinski definition) is 2. The van der Waals surface area contributed by atoms with Crippen LogP contribution in [0.2, 0.25) is 0 Å². The fraction of sp³-hybridized carbons (Fsp3) is 0.158. The van der Waals surface area contributed by atoms with Crippen LogP contribution in [0.5, 0.6) is 11.5 Å². The van der Waals surface area contributed by atoms with Gasteiger partial charge < -0.3 is 19.2 Å². The lowest BCUT2D eigenvalue weighted by atomic mass is 10.3. The quantitative estimate of drug-likeness (QED) is 0.611. The maximum Gasteiger partial charge on any atom is 0.265 e. The van der Waals surface area contributed by atoms with Gasteiger partial charge in [0.05, 0.1) is 27.0 Å². The molecule has 0 amide bonds. The molecule has 0 radical (unpaired) electrons. The minimum atomic E-state index is -3.81. The molecule has 0 fully saturated rings. The summed E-state index contributed by atoms with van der Waals surface area (Å²) in [5, 5.41) is 3.19. The molecule has 0 saturated heterocycles. The number of rotatable bonds is 8. The Morgan fingerprint density at radius 2 is 1.70 bits per heavy atom. The van der Waals surface area contributed by atoms with Crippen molar-refractivity contribution in [1.29, 1.82) is 0 Å². The Balaban J connectivity index is 1.72. The third kappa shape index (κ3) is 4.53. The van der Waals surface area contributed by atoms with Gasteiger partial charge in [-0.15, -0.1) is 0 Å². The Hall–Kier alpha value is -3.13. The molecule has 8 heteroatoms. The molecule has 1 aromatic heterocycles. The lowest BCUT2D eigenvalue weighted by Crippen LogP contribution is -2.14. The number of ether oxygens (including phenoxy) is 2. The average Bonchev–Trinajstić information content (AvgIpc) is 3.20. The predicted octanol–water partition coefficient (Wildman–Crippen LogP) is 3.71. The van der Waals surface area contributed by atoms with Gasteiger partial charge in [-0.25, -0.2) is 8.42 Å². The zero-order valence-corrected chi connectivity index (χ0v) is 15.7. The van der Waals surface area contributed by atoms with E-state index in [1.807, 2.05) is 12.1 Å². The highest BCUT2D eigenvalue weighted by Crippen LogP contribution is 2.30. The van der Waals surface area contributed by atoms with Crippen molar-refractivity contribution in [2.45, 2.75) is 11.4 Å². The van der Waals surface area contributed by atoms with Gasteiger partial charge in [-0.2, -0.15) is 0 Å². The van der Waals surface area contributed by atoms with Crippen LogP contribution in [0, 0.1) is 0 Å². The largest absolute Gasteiger partial charge is 0.497 e. The van der Waals surface area contributed by atoms with E-state index in [1.165, 1.54) is 26.4 Å². The Labute approximate surface area is 158 Å². The fourth-order valence-corrected chi connectivity index (χ4v) is 3.68. The predicted molar refractivity (Wildman–Crippen MR) is 103 cm³/mol.